The monoisotopic (exact) mass is 424 g/mol. The molecule has 2 fully saturated rings. The highest BCUT2D eigenvalue weighted by atomic mass is 35.5. The summed E-state index contributed by atoms with van der Waals surface area (Å²) < 4.78 is 13.3. The molecule has 3 N–H and O–H groups in total. The Morgan fingerprint density at radius 1 is 1.38 bits per heavy atom. The van der Waals surface area contributed by atoms with Gasteiger partial charge in [0.05, 0.1) is 11.1 Å². The first kappa shape index (κ1) is 21.5. The number of benzene rings is 1. The van der Waals surface area contributed by atoms with Crippen molar-refractivity contribution < 1.29 is 18.8 Å². The van der Waals surface area contributed by atoms with Gasteiger partial charge in [-0.2, -0.15) is 0 Å². The fraction of sp³-hybridized carbons (Fsp3) is 0.550. The number of halogens is 2. The summed E-state index contributed by atoms with van der Waals surface area (Å²) >= 11 is 5.76. The van der Waals surface area contributed by atoms with E-state index in [0.717, 1.165) is 6.07 Å². The van der Waals surface area contributed by atoms with Crippen LogP contribution in [0.5, 0.6) is 0 Å². The van der Waals surface area contributed by atoms with E-state index in [9.17, 15) is 18.8 Å². The van der Waals surface area contributed by atoms with Gasteiger partial charge in [-0.15, -0.1) is 0 Å². The Bertz CT molecular complexity index is 804. The maximum absolute atomic E-state index is 13.3. The molecular formula is C20H26ClFN4O3. The summed E-state index contributed by atoms with van der Waals surface area (Å²) in [5, 5.41) is 8.57. The van der Waals surface area contributed by atoms with Gasteiger partial charge in [-0.25, -0.2) is 4.39 Å². The number of fused-ring (bicyclic) bond motifs is 1. The normalized spacial score (nSPS) is 24.2. The molecule has 1 aromatic carbocycles. The van der Waals surface area contributed by atoms with E-state index >= 15 is 0 Å². The second-order valence-corrected chi connectivity index (χ2v) is 8.31. The number of rotatable bonds is 6. The van der Waals surface area contributed by atoms with Crippen molar-refractivity contribution in [1.82, 2.24) is 20.9 Å². The molecule has 3 unspecified atom stereocenters. The molecule has 3 amide bonds. The van der Waals surface area contributed by atoms with Crippen molar-refractivity contribution >= 4 is 29.3 Å². The molecule has 3 rings (SSSR count). The van der Waals surface area contributed by atoms with Gasteiger partial charge in [-0.05, 0) is 44.9 Å². The van der Waals surface area contributed by atoms with Crippen LogP contribution in [0.25, 0.3) is 0 Å². The largest absolute Gasteiger partial charge is 0.354 e. The highest BCUT2D eigenvalue weighted by molar-refractivity contribution is 6.31. The van der Waals surface area contributed by atoms with Gasteiger partial charge < -0.3 is 16.0 Å². The highest BCUT2D eigenvalue weighted by Gasteiger charge is 2.43. The van der Waals surface area contributed by atoms with E-state index in [2.05, 4.69) is 20.9 Å². The molecule has 7 nitrogen and oxygen atoms in total. The number of nitrogens with zero attached hydrogens (tertiary/aromatic N) is 1. The maximum atomic E-state index is 13.3. The van der Waals surface area contributed by atoms with Crippen molar-refractivity contribution in [3.05, 3.63) is 34.6 Å². The average molecular weight is 425 g/mol. The van der Waals surface area contributed by atoms with Crippen molar-refractivity contribution in [2.75, 3.05) is 13.1 Å². The van der Waals surface area contributed by atoms with Crippen LogP contribution in [-0.4, -0.2) is 59.9 Å². The molecule has 9 heteroatoms. The van der Waals surface area contributed by atoms with Crippen LogP contribution in [0.2, 0.25) is 5.02 Å². The summed E-state index contributed by atoms with van der Waals surface area (Å²) in [5.74, 6) is -1.01. The number of piperazine rings is 1. The van der Waals surface area contributed by atoms with Gasteiger partial charge in [0.1, 0.15) is 5.82 Å². The smallest absolute Gasteiger partial charge is 0.251 e. The van der Waals surface area contributed by atoms with Gasteiger partial charge in [0.15, 0.2) is 0 Å². The summed E-state index contributed by atoms with van der Waals surface area (Å²) in [6.07, 6.45) is 1.50. The minimum atomic E-state index is -0.581. The number of carbonyl (C=O) groups is 3. The first-order valence-corrected chi connectivity index (χ1v) is 10.2. The van der Waals surface area contributed by atoms with Crippen molar-refractivity contribution in [3.63, 3.8) is 0 Å². The third-order valence-corrected chi connectivity index (χ3v) is 5.58. The zero-order valence-corrected chi connectivity index (χ0v) is 17.3. The Morgan fingerprint density at radius 2 is 2.14 bits per heavy atom. The molecular weight excluding hydrogens is 399 g/mol. The zero-order chi connectivity index (χ0) is 21.1. The van der Waals surface area contributed by atoms with Crippen LogP contribution < -0.4 is 16.0 Å². The molecule has 0 saturated carbocycles. The van der Waals surface area contributed by atoms with Crippen LogP contribution in [-0.2, 0) is 9.59 Å². The molecule has 1 aromatic rings. The van der Waals surface area contributed by atoms with E-state index in [1.165, 1.54) is 12.1 Å². The minimum absolute atomic E-state index is 0.00862. The molecule has 0 bridgehead atoms. The van der Waals surface area contributed by atoms with Crippen LogP contribution in [0.15, 0.2) is 18.2 Å². The predicted molar refractivity (Wildman–Crippen MR) is 107 cm³/mol. The maximum Gasteiger partial charge on any atom is 0.251 e. The standard InChI is InChI=1S/C20H26ClFN4O3/c1-11(2)24-18(27)6-4-14-9-23-20(29)17-8-13(10-26(14)17)25-19(28)12-3-5-16(22)15(21)7-12/h3,5,7,11,13-14,17H,4,6,8-10H2,1-2H3,(H,23,29)(H,24,27)(H,25,28). The molecule has 0 spiro atoms. The van der Waals surface area contributed by atoms with Gasteiger partial charge in [0.25, 0.3) is 5.91 Å². The summed E-state index contributed by atoms with van der Waals surface area (Å²) in [6, 6.07) is 3.40. The Morgan fingerprint density at radius 3 is 2.83 bits per heavy atom. The summed E-state index contributed by atoms with van der Waals surface area (Å²) in [7, 11) is 0. The van der Waals surface area contributed by atoms with Crippen LogP contribution in [0.1, 0.15) is 43.5 Å². The van der Waals surface area contributed by atoms with E-state index in [1.54, 1.807) is 0 Å². The second kappa shape index (κ2) is 9.09. The van der Waals surface area contributed by atoms with Crippen molar-refractivity contribution in [2.24, 2.45) is 0 Å². The minimum Gasteiger partial charge on any atom is -0.354 e. The number of nitrogens with one attached hydrogen (secondary N) is 3. The predicted octanol–water partition coefficient (Wildman–Crippen LogP) is 1.45. The third kappa shape index (κ3) is 5.25. The van der Waals surface area contributed by atoms with Gasteiger partial charge in [-0.1, -0.05) is 11.6 Å². The number of amides is 3. The summed E-state index contributed by atoms with van der Waals surface area (Å²) in [6.45, 7) is 4.83. The lowest BCUT2D eigenvalue weighted by Gasteiger charge is -2.37. The van der Waals surface area contributed by atoms with Crippen LogP contribution in [0.3, 0.4) is 0 Å². The Labute approximate surface area is 174 Å². The van der Waals surface area contributed by atoms with Gasteiger partial charge in [0.2, 0.25) is 11.8 Å². The van der Waals surface area contributed by atoms with Gasteiger partial charge >= 0.3 is 0 Å². The van der Waals surface area contributed by atoms with Crippen molar-refractivity contribution in [3.8, 4) is 0 Å². The van der Waals surface area contributed by atoms with E-state index < -0.39 is 5.82 Å². The molecule has 0 radical (unpaired) electrons. The van der Waals surface area contributed by atoms with Gasteiger partial charge in [-0.3, -0.25) is 19.3 Å². The molecule has 0 aliphatic carbocycles. The lowest BCUT2D eigenvalue weighted by Crippen LogP contribution is -2.58. The molecule has 3 atom stereocenters. The fourth-order valence-electron chi connectivity index (χ4n) is 3.95. The number of carbonyl (C=O) groups excluding carboxylic acids is 3. The van der Waals surface area contributed by atoms with Crippen molar-refractivity contribution in [2.45, 2.75) is 57.3 Å². The Balaban J connectivity index is 1.60. The van der Waals surface area contributed by atoms with E-state index in [0.29, 0.717) is 32.4 Å². The fourth-order valence-corrected chi connectivity index (χ4v) is 4.13. The Hall–Kier alpha value is -2.19. The van der Waals surface area contributed by atoms with E-state index in [1.807, 2.05) is 13.8 Å². The first-order chi connectivity index (χ1) is 13.7. The summed E-state index contributed by atoms with van der Waals surface area (Å²) in [5.41, 5.74) is 0.271. The SMILES string of the molecule is CC(C)NC(=O)CCC1CNC(=O)C2CC(NC(=O)c3ccc(F)c(Cl)c3)CN12. The van der Waals surface area contributed by atoms with Crippen LogP contribution >= 0.6 is 11.6 Å². The van der Waals surface area contributed by atoms with Crippen molar-refractivity contribution in [1.29, 1.82) is 0 Å². The average Bonchev–Trinajstić information content (AvgIpc) is 3.07. The quantitative estimate of drug-likeness (QED) is 0.644. The molecule has 2 saturated heterocycles. The molecule has 2 aliphatic rings. The molecule has 2 heterocycles. The lowest BCUT2D eigenvalue weighted by atomic mass is 10.0. The van der Waals surface area contributed by atoms with E-state index in [4.69, 9.17) is 11.6 Å². The zero-order valence-electron chi connectivity index (χ0n) is 16.5. The topological polar surface area (TPSA) is 90.5 Å². The first-order valence-electron chi connectivity index (χ1n) is 9.83. The van der Waals surface area contributed by atoms with E-state index in [-0.39, 0.29) is 52.5 Å². The molecule has 29 heavy (non-hydrogen) atoms. The number of hydrogen-bond acceptors (Lipinski definition) is 4. The van der Waals surface area contributed by atoms with Crippen LogP contribution in [0, 0.1) is 5.82 Å². The summed E-state index contributed by atoms with van der Waals surface area (Å²) in [4.78, 5) is 38.8. The molecule has 2 aliphatic heterocycles. The molecule has 0 aromatic heterocycles. The second-order valence-electron chi connectivity index (χ2n) is 7.91. The Kier molecular flexibility index (Phi) is 6.74. The third-order valence-electron chi connectivity index (χ3n) is 5.29. The highest BCUT2D eigenvalue weighted by Crippen LogP contribution is 2.26. The van der Waals surface area contributed by atoms with Gasteiger partial charge in [0, 0.05) is 43.2 Å². The lowest BCUT2D eigenvalue weighted by molar-refractivity contribution is -0.129. The number of hydrogen-bond donors (Lipinski definition) is 3. The van der Waals surface area contributed by atoms with Crippen LogP contribution in [0.4, 0.5) is 4.39 Å². The molecule has 158 valence electrons.